The van der Waals surface area contributed by atoms with Crippen LogP contribution in [0.5, 0.6) is 0 Å². The molecule has 1 aromatic heterocycles. The molecule has 0 spiro atoms. The smallest absolute Gasteiger partial charge is 0.261 e. The maximum atomic E-state index is 11.8. The minimum Gasteiger partial charge on any atom is -0.384 e. The van der Waals surface area contributed by atoms with E-state index in [1.807, 2.05) is 11.4 Å². The molecule has 5 nitrogen and oxygen atoms in total. The van der Waals surface area contributed by atoms with E-state index < -0.39 is 0 Å². The number of rotatable bonds is 7. The van der Waals surface area contributed by atoms with Gasteiger partial charge in [0.2, 0.25) is 0 Å². The van der Waals surface area contributed by atoms with Gasteiger partial charge in [-0.15, -0.1) is 11.3 Å². The molecule has 0 aliphatic rings. The third kappa shape index (κ3) is 4.66. The topological polar surface area (TPSA) is 82.0 Å². The number of Topliss-reactive ketones (excluding diaryl/α,β-unsaturated/α-hetero) is 1. The van der Waals surface area contributed by atoms with Crippen molar-refractivity contribution in [2.75, 3.05) is 18.4 Å². The van der Waals surface area contributed by atoms with Gasteiger partial charge in [0.1, 0.15) is 6.07 Å². The molecular weight excluding hydrogens is 310 g/mol. The Balaban J connectivity index is 1.82. The average molecular weight is 327 g/mol. The van der Waals surface area contributed by atoms with Crippen LogP contribution in [-0.4, -0.2) is 24.8 Å². The molecule has 0 atom stereocenters. The van der Waals surface area contributed by atoms with Crippen molar-refractivity contribution in [2.45, 2.75) is 13.3 Å². The predicted molar refractivity (Wildman–Crippen MR) is 90.9 cm³/mol. The number of nitrogens with zero attached hydrogens (tertiary/aromatic N) is 1. The lowest BCUT2D eigenvalue weighted by Gasteiger charge is -2.10. The molecule has 0 radical (unpaired) electrons. The van der Waals surface area contributed by atoms with Crippen LogP contribution >= 0.6 is 11.3 Å². The number of thiophene rings is 1. The van der Waals surface area contributed by atoms with Gasteiger partial charge >= 0.3 is 0 Å². The van der Waals surface area contributed by atoms with Crippen molar-refractivity contribution in [3.05, 3.63) is 51.7 Å². The first-order chi connectivity index (χ1) is 11.1. The summed E-state index contributed by atoms with van der Waals surface area (Å²) in [6.07, 6.45) is 0.715. The molecule has 0 aliphatic carbocycles. The molecule has 23 heavy (non-hydrogen) atoms. The molecule has 1 aromatic carbocycles. The van der Waals surface area contributed by atoms with Crippen LogP contribution < -0.4 is 10.6 Å². The highest BCUT2D eigenvalue weighted by atomic mass is 32.1. The first kappa shape index (κ1) is 16.7. The largest absolute Gasteiger partial charge is 0.384 e. The zero-order valence-corrected chi connectivity index (χ0v) is 13.6. The van der Waals surface area contributed by atoms with Crippen LogP contribution in [0.1, 0.15) is 38.9 Å². The summed E-state index contributed by atoms with van der Waals surface area (Å²) in [5, 5.41) is 16.9. The Hall–Kier alpha value is -2.65. The van der Waals surface area contributed by atoms with Gasteiger partial charge in [-0.25, -0.2) is 0 Å². The van der Waals surface area contributed by atoms with Gasteiger partial charge in [-0.2, -0.15) is 5.26 Å². The van der Waals surface area contributed by atoms with Gasteiger partial charge in [0.15, 0.2) is 5.78 Å². The van der Waals surface area contributed by atoms with Gasteiger partial charge in [-0.05, 0) is 43.0 Å². The molecule has 2 aromatic rings. The van der Waals surface area contributed by atoms with E-state index in [9.17, 15) is 9.59 Å². The Bertz CT molecular complexity index is 733. The van der Waals surface area contributed by atoms with Crippen LogP contribution in [0.25, 0.3) is 0 Å². The van der Waals surface area contributed by atoms with E-state index in [1.54, 1.807) is 24.3 Å². The van der Waals surface area contributed by atoms with Crippen LogP contribution in [0, 0.1) is 11.3 Å². The molecule has 2 rings (SSSR count). The first-order valence-electron chi connectivity index (χ1n) is 7.22. The molecule has 0 bridgehead atoms. The predicted octanol–water partition coefficient (Wildman–Crippen LogP) is 3.05. The standard InChI is InChI=1S/C17H17N3O2S/c1-12(21)13-5-6-14(11-18)15(10-13)19-7-3-8-20-17(22)16-4-2-9-23-16/h2,4-6,9-10,19H,3,7-8H2,1H3,(H,20,22). The number of hydrogen-bond acceptors (Lipinski definition) is 5. The van der Waals surface area contributed by atoms with Gasteiger partial charge in [0.05, 0.1) is 16.1 Å². The Morgan fingerprint density at radius 3 is 2.74 bits per heavy atom. The van der Waals surface area contributed by atoms with E-state index in [0.29, 0.717) is 41.2 Å². The van der Waals surface area contributed by atoms with E-state index in [-0.39, 0.29) is 11.7 Å². The highest BCUT2D eigenvalue weighted by Crippen LogP contribution is 2.17. The molecule has 0 saturated heterocycles. The minimum atomic E-state index is -0.0729. The van der Waals surface area contributed by atoms with Crippen molar-refractivity contribution in [1.29, 1.82) is 5.26 Å². The van der Waals surface area contributed by atoms with Crippen molar-refractivity contribution >= 4 is 28.7 Å². The zero-order chi connectivity index (χ0) is 16.7. The fourth-order valence-electron chi connectivity index (χ4n) is 2.02. The molecule has 0 unspecified atom stereocenters. The number of carbonyl (C=O) groups is 2. The number of amides is 1. The molecule has 118 valence electrons. The summed E-state index contributed by atoms with van der Waals surface area (Å²) in [5.74, 6) is -0.114. The molecule has 1 heterocycles. The quantitative estimate of drug-likeness (QED) is 0.605. The van der Waals surface area contributed by atoms with Crippen LogP contribution in [0.4, 0.5) is 5.69 Å². The minimum absolute atomic E-state index is 0.0410. The second-order valence-electron chi connectivity index (χ2n) is 4.94. The van der Waals surface area contributed by atoms with Crippen molar-refractivity contribution < 1.29 is 9.59 Å². The molecule has 2 N–H and O–H groups in total. The summed E-state index contributed by atoms with van der Waals surface area (Å²) in [4.78, 5) is 23.9. The van der Waals surface area contributed by atoms with Crippen molar-refractivity contribution in [1.82, 2.24) is 5.32 Å². The summed E-state index contributed by atoms with van der Waals surface area (Å²) in [7, 11) is 0. The second-order valence-corrected chi connectivity index (χ2v) is 5.89. The molecule has 1 amide bonds. The van der Waals surface area contributed by atoms with E-state index in [1.165, 1.54) is 18.3 Å². The molecule has 0 saturated carbocycles. The lowest BCUT2D eigenvalue weighted by molar-refractivity contribution is 0.0956. The van der Waals surface area contributed by atoms with Crippen molar-refractivity contribution in [3.8, 4) is 6.07 Å². The summed E-state index contributed by atoms with van der Waals surface area (Å²) in [6.45, 7) is 2.63. The zero-order valence-electron chi connectivity index (χ0n) is 12.8. The number of nitriles is 1. The Kier molecular flexibility index (Phi) is 5.89. The van der Waals surface area contributed by atoms with Crippen molar-refractivity contribution in [3.63, 3.8) is 0 Å². The maximum absolute atomic E-state index is 11.8. The monoisotopic (exact) mass is 327 g/mol. The highest BCUT2D eigenvalue weighted by molar-refractivity contribution is 7.12. The Labute approximate surface area is 138 Å². The summed E-state index contributed by atoms with van der Waals surface area (Å²) >= 11 is 1.41. The second kappa shape index (κ2) is 8.11. The van der Waals surface area contributed by atoms with E-state index in [2.05, 4.69) is 16.7 Å². The van der Waals surface area contributed by atoms with Crippen LogP contribution in [0.2, 0.25) is 0 Å². The van der Waals surface area contributed by atoms with Gasteiger partial charge in [0.25, 0.3) is 5.91 Å². The fraction of sp³-hybridized carbons (Fsp3) is 0.235. The molecule has 0 aliphatic heterocycles. The number of benzene rings is 1. The van der Waals surface area contributed by atoms with Crippen LogP contribution in [0.3, 0.4) is 0 Å². The number of carbonyl (C=O) groups excluding carboxylic acids is 2. The number of nitrogens with one attached hydrogen (secondary N) is 2. The first-order valence-corrected chi connectivity index (χ1v) is 8.10. The normalized spacial score (nSPS) is 9.91. The van der Waals surface area contributed by atoms with Gasteiger partial charge in [-0.1, -0.05) is 6.07 Å². The maximum Gasteiger partial charge on any atom is 0.261 e. The Morgan fingerprint density at radius 2 is 2.09 bits per heavy atom. The van der Waals surface area contributed by atoms with Crippen LogP contribution in [-0.2, 0) is 0 Å². The lowest BCUT2D eigenvalue weighted by Crippen LogP contribution is -2.25. The van der Waals surface area contributed by atoms with Gasteiger partial charge < -0.3 is 10.6 Å². The van der Waals surface area contributed by atoms with Crippen LogP contribution in [0.15, 0.2) is 35.7 Å². The molecular formula is C17H17N3O2S. The highest BCUT2D eigenvalue weighted by Gasteiger charge is 2.07. The fourth-order valence-corrected chi connectivity index (χ4v) is 2.66. The van der Waals surface area contributed by atoms with Crippen molar-refractivity contribution in [2.24, 2.45) is 0 Å². The molecule has 0 fully saturated rings. The van der Waals surface area contributed by atoms with E-state index in [0.717, 1.165) is 0 Å². The molecule has 6 heteroatoms. The number of ketones is 1. The third-order valence-corrected chi connectivity index (χ3v) is 4.11. The van der Waals surface area contributed by atoms with E-state index >= 15 is 0 Å². The van der Waals surface area contributed by atoms with Gasteiger partial charge in [0, 0.05) is 18.7 Å². The average Bonchev–Trinajstić information content (AvgIpc) is 3.08. The number of hydrogen-bond donors (Lipinski definition) is 2. The summed E-state index contributed by atoms with van der Waals surface area (Å²) in [5.41, 5.74) is 1.71. The Morgan fingerprint density at radius 1 is 1.26 bits per heavy atom. The van der Waals surface area contributed by atoms with Gasteiger partial charge in [-0.3, -0.25) is 9.59 Å². The summed E-state index contributed by atoms with van der Waals surface area (Å²) in [6, 6.07) is 10.7. The SMILES string of the molecule is CC(=O)c1ccc(C#N)c(NCCCNC(=O)c2cccs2)c1. The third-order valence-electron chi connectivity index (χ3n) is 3.25. The summed E-state index contributed by atoms with van der Waals surface area (Å²) < 4.78 is 0. The number of anilines is 1. The van der Waals surface area contributed by atoms with E-state index in [4.69, 9.17) is 5.26 Å². The lowest BCUT2D eigenvalue weighted by atomic mass is 10.1.